The topological polar surface area (TPSA) is 214 Å². The maximum absolute atomic E-state index is 14.5. The van der Waals surface area contributed by atoms with E-state index in [9.17, 15) is 50.4 Å². The predicted octanol–water partition coefficient (Wildman–Crippen LogP) is 1.50. The summed E-state index contributed by atoms with van der Waals surface area (Å²) in [5.41, 5.74) is -4.57. The second-order valence-electron chi connectivity index (χ2n) is 17.5. The maximum atomic E-state index is 14.5. The van der Waals surface area contributed by atoms with Crippen LogP contribution >= 0.6 is 0 Å². The number of hydrogen-bond acceptors (Lipinski definition) is 11. The molecule has 0 bridgehead atoms. The number of allylic oxidation sites excluding steroid dienone is 1. The van der Waals surface area contributed by atoms with Gasteiger partial charge in [-0.15, -0.1) is 0 Å². The highest BCUT2D eigenvalue weighted by molar-refractivity contribution is 5.79. The highest BCUT2D eigenvalue weighted by Crippen LogP contribution is 2.76. The van der Waals surface area contributed by atoms with E-state index in [1.165, 1.54) is 0 Å². The minimum absolute atomic E-state index is 0.0437. The monoisotopic (exact) mass is 680 g/mol. The third kappa shape index (κ3) is 4.49. The number of carboxylic acid groups (broad SMARTS) is 1. The average Bonchev–Trinajstić information content (AvgIpc) is 3.02. The smallest absolute Gasteiger partial charge is 0.315 e. The van der Waals surface area contributed by atoms with Gasteiger partial charge in [0.2, 0.25) is 6.29 Å². The largest absolute Gasteiger partial charge is 0.481 e. The van der Waals surface area contributed by atoms with Gasteiger partial charge >= 0.3 is 11.9 Å². The van der Waals surface area contributed by atoms with Gasteiger partial charge in [-0.1, -0.05) is 39.3 Å². The zero-order valence-corrected chi connectivity index (χ0v) is 29.0. The van der Waals surface area contributed by atoms with Crippen molar-refractivity contribution in [2.75, 3.05) is 6.61 Å². The van der Waals surface area contributed by atoms with Crippen molar-refractivity contribution in [3.63, 3.8) is 0 Å². The first-order valence-electron chi connectivity index (χ1n) is 17.7. The molecule has 1 heterocycles. The average molecular weight is 681 g/mol. The normalized spacial score (nSPS) is 56.4. The van der Waals surface area contributed by atoms with Crippen molar-refractivity contribution in [1.82, 2.24) is 0 Å². The fraction of sp³-hybridized carbons (Fsp3) is 0.889. The van der Waals surface area contributed by atoms with Crippen LogP contribution in [-0.2, 0) is 19.1 Å². The Kier molecular flexibility index (Phi) is 8.61. The van der Waals surface area contributed by atoms with Crippen molar-refractivity contribution in [2.45, 2.75) is 141 Å². The van der Waals surface area contributed by atoms with E-state index in [-0.39, 0.29) is 24.2 Å². The van der Waals surface area contributed by atoms with E-state index in [0.29, 0.717) is 44.9 Å². The number of carboxylic acids is 1. The van der Waals surface area contributed by atoms with Gasteiger partial charge in [-0.25, -0.2) is 0 Å². The van der Waals surface area contributed by atoms with E-state index in [1.807, 2.05) is 6.92 Å². The van der Waals surface area contributed by atoms with Crippen molar-refractivity contribution in [1.29, 1.82) is 0 Å². The first-order valence-corrected chi connectivity index (χ1v) is 17.7. The molecule has 12 nitrogen and oxygen atoms in total. The van der Waals surface area contributed by atoms with Crippen molar-refractivity contribution in [3.05, 3.63) is 11.6 Å². The van der Waals surface area contributed by atoms with Crippen molar-refractivity contribution in [2.24, 2.45) is 50.7 Å². The molecule has 5 aliphatic carbocycles. The van der Waals surface area contributed by atoms with Crippen molar-refractivity contribution < 1.29 is 59.9 Å². The minimum atomic E-state index is -1.75. The Labute approximate surface area is 282 Å². The molecule has 6 aliphatic rings. The number of esters is 1. The zero-order valence-electron chi connectivity index (χ0n) is 29.0. The molecule has 0 aromatic carbocycles. The number of aliphatic hydroxyl groups excluding tert-OH is 6. The third-order valence-electron chi connectivity index (χ3n) is 15.6. The molecule has 0 spiro atoms. The Morgan fingerprint density at radius 3 is 2.21 bits per heavy atom. The molecule has 272 valence electrons. The quantitative estimate of drug-likeness (QED) is 0.157. The van der Waals surface area contributed by atoms with Gasteiger partial charge in [0.15, 0.2) is 0 Å². The summed E-state index contributed by atoms with van der Waals surface area (Å²) in [4.78, 5) is 27.2. The van der Waals surface area contributed by atoms with Crippen LogP contribution in [0.1, 0.15) is 92.9 Å². The van der Waals surface area contributed by atoms with Crippen molar-refractivity contribution >= 4 is 11.9 Å². The van der Waals surface area contributed by atoms with E-state index in [0.717, 1.165) is 5.57 Å². The van der Waals surface area contributed by atoms with Crippen LogP contribution < -0.4 is 0 Å². The summed E-state index contributed by atoms with van der Waals surface area (Å²) in [6.07, 6.45) is -4.43. The predicted molar refractivity (Wildman–Crippen MR) is 170 cm³/mol. The van der Waals surface area contributed by atoms with Crippen LogP contribution in [-0.4, -0.2) is 108 Å². The van der Waals surface area contributed by atoms with Gasteiger partial charge in [0.25, 0.3) is 0 Å². The van der Waals surface area contributed by atoms with E-state index in [4.69, 9.17) is 9.47 Å². The van der Waals surface area contributed by atoms with Crippen LogP contribution in [0.3, 0.4) is 0 Å². The Balaban J connectivity index is 1.41. The Bertz CT molecular complexity index is 1350. The summed E-state index contributed by atoms with van der Waals surface area (Å²) in [7, 11) is 0. The fourth-order valence-electron chi connectivity index (χ4n) is 12.3. The third-order valence-corrected chi connectivity index (χ3v) is 15.6. The molecule has 5 fully saturated rings. The minimum Gasteiger partial charge on any atom is -0.481 e. The number of aliphatic hydroxyl groups is 7. The highest BCUT2D eigenvalue weighted by atomic mass is 16.7. The lowest BCUT2D eigenvalue weighted by Crippen LogP contribution is -2.70. The highest BCUT2D eigenvalue weighted by Gasteiger charge is 2.73. The van der Waals surface area contributed by atoms with Crippen LogP contribution in [0.15, 0.2) is 11.6 Å². The molecule has 8 N–H and O–H groups in total. The molecule has 0 unspecified atom stereocenters. The molecule has 4 saturated carbocycles. The summed E-state index contributed by atoms with van der Waals surface area (Å²) >= 11 is 0. The van der Waals surface area contributed by atoms with E-state index < -0.39 is 100 Å². The summed E-state index contributed by atoms with van der Waals surface area (Å²) in [6, 6.07) is 0. The molecule has 0 aromatic heterocycles. The fourth-order valence-corrected chi connectivity index (χ4v) is 12.3. The van der Waals surface area contributed by atoms with E-state index in [1.54, 1.807) is 13.8 Å². The number of hydrogen-bond donors (Lipinski definition) is 8. The molecule has 0 aromatic rings. The molecule has 1 saturated heterocycles. The first-order chi connectivity index (χ1) is 22.2. The summed E-state index contributed by atoms with van der Waals surface area (Å²) in [5.74, 6) is -3.01. The number of rotatable bonds is 4. The number of carbonyl (C=O) groups excluding carboxylic acids is 1. The van der Waals surface area contributed by atoms with Crippen molar-refractivity contribution in [3.8, 4) is 0 Å². The summed E-state index contributed by atoms with van der Waals surface area (Å²) < 4.78 is 11.4. The zero-order chi connectivity index (χ0) is 35.6. The lowest BCUT2D eigenvalue weighted by molar-refractivity contribution is -0.299. The number of aliphatic carboxylic acids is 1. The van der Waals surface area contributed by atoms with E-state index >= 15 is 0 Å². The van der Waals surface area contributed by atoms with Crippen LogP contribution in [0.4, 0.5) is 0 Å². The van der Waals surface area contributed by atoms with Gasteiger partial charge in [0, 0.05) is 5.92 Å². The Morgan fingerprint density at radius 2 is 1.58 bits per heavy atom. The number of carbonyl (C=O) groups is 2. The Morgan fingerprint density at radius 1 is 0.917 bits per heavy atom. The van der Waals surface area contributed by atoms with Gasteiger partial charge in [0.05, 0.1) is 35.2 Å². The summed E-state index contributed by atoms with van der Waals surface area (Å²) in [5, 5.41) is 85.9. The molecule has 17 atom stereocenters. The number of fused-ring (bicyclic) bond motifs is 7. The van der Waals surface area contributed by atoms with Crippen LogP contribution in [0.5, 0.6) is 0 Å². The molecule has 0 radical (unpaired) electrons. The molecular formula is C36H56O12. The molecule has 6 rings (SSSR count). The molecule has 12 heteroatoms. The van der Waals surface area contributed by atoms with Crippen LogP contribution in [0, 0.1) is 50.7 Å². The molecule has 1 aliphatic heterocycles. The standard InChI is InChI=1S/C36H56O12/c1-17-9-12-36(30(45)48-28-25(41)24(40)23(39)20(16-37)47-28)14-13-32(3)18(26(36)35(17,6)46)7-8-21-31(2)15-19(38)27(42)34(5,29(43)44)22(31)10-11-33(21,32)4/h7,17,19-28,37-42,46H,8-16H2,1-6H3,(H,43,44)/t17-,19-,20-,21-,22-,23-,24+,25-,26-,27+,28+,31-,32-,33-,34-,35-,36+/m1/s1. The van der Waals surface area contributed by atoms with Gasteiger partial charge in [-0.05, 0) is 99.2 Å². The van der Waals surface area contributed by atoms with Crippen LogP contribution in [0.2, 0.25) is 0 Å². The van der Waals surface area contributed by atoms with Gasteiger partial charge in [-0.2, -0.15) is 0 Å². The van der Waals surface area contributed by atoms with Gasteiger partial charge in [-0.3, -0.25) is 9.59 Å². The molecule has 48 heavy (non-hydrogen) atoms. The first kappa shape index (κ1) is 36.2. The lowest BCUT2D eigenvalue weighted by atomic mass is 9.33. The van der Waals surface area contributed by atoms with Gasteiger partial charge < -0.3 is 50.3 Å². The second-order valence-corrected chi connectivity index (χ2v) is 17.5. The van der Waals surface area contributed by atoms with E-state index in [2.05, 4.69) is 26.8 Å². The molecule has 0 amide bonds. The summed E-state index contributed by atoms with van der Waals surface area (Å²) in [6.45, 7) is 11.2. The SMILES string of the molecule is C[C@@H]1CC[C@]2(C(=O)O[C@@H]3O[C@H](CO)[C@@H](O)[C@H](O)[C@H]3O)CC[C@]3(C)C(=CC[C@@H]4[C@@]5(C)C[C@@H](O)[C@H](O)[C@](C)(C(=O)O)[C@@H]5CC[C@]43C)[C@@H]2[C@]1(C)O. The maximum Gasteiger partial charge on any atom is 0.315 e. The van der Waals surface area contributed by atoms with Gasteiger partial charge in [0.1, 0.15) is 24.4 Å². The van der Waals surface area contributed by atoms with Crippen LogP contribution in [0.25, 0.3) is 0 Å². The Hall–Kier alpha value is -1.64. The number of ether oxygens (including phenoxy) is 2. The second kappa shape index (κ2) is 11.4. The molecular weight excluding hydrogens is 624 g/mol. The lowest BCUT2D eigenvalue weighted by Gasteiger charge is -2.71.